The van der Waals surface area contributed by atoms with E-state index in [9.17, 15) is 4.79 Å². The van der Waals surface area contributed by atoms with Crippen molar-refractivity contribution in [3.05, 3.63) is 24.5 Å². The Labute approximate surface area is 97.7 Å². The fourth-order valence-corrected chi connectivity index (χ4v) is 1.64. The average molecular weight is 232 g/mol. The number of aromatic nitrogens is 2. The average Bonchev–Trinajstić information content (AvgIpc) is 2.27. The van der Waals surface area contributed by atoms with Crippen LogP contribution in [0.2, 0.25) is 0 Å². The number of nitrogens with two attached hydrogens (primary N) is 1. The van der Waals surface area contributed by atoms with Crippen molar-refractivity contribution in [3.8, 4) is 0 Å². The van der Waals surface area contributed by atoms with Crippen LogP contribution in [0.3, 0.4) is 0 Å². The quantitative estimate of drug-likeness (QED) is 0.758. The van der Waals surface area contributed by atoms with Gasteiger partial charge in [-0.05, 0) is 18.2 Å². The first kappa shape index (κ1) is 11.1. The zero-order valence-electron chi connectivity index (χ0n) is 9.29. The Bertz CT molecular complexity index is 570. The molecule has 0 amide bonds. The Morgan fingerprint density at radius 3 is 2.94 bits per heavy atom. The Morgan fingerprint density at radius 1 is 1.47 bits per heavy atom. The fraction of sp³-hybridized carbons (Fsp3) is 0.182. The minimum absolute atomic E-state index is 0.124. The largest absolute Gasteiger partial charge is 0.480 e. The molecule has 1 heterocycles. The second-order valence-electron chi connectivity index (χ2n) is 3.72. The first-order valence-corrected chi connectivity index (χ1v) is 5.01. The summed E-state index contributed by atoms with van der Waals surface area (Å²) >= 11 is 0. The zero-order valence-corrected chi connectivity index (χ0v) is 9.29. The Balaban J connectivity index is 2.52. The summed E-state index contributed by atoms with van der Waals surface area (Å²) in [6.45, 7) is -0.124. The van der Waals surface area contributed by atoms with Crippen molar-refractivity contribution < 1.29 is 9.90 Å². The highest BCUT2D eigenvalue weighted by molar-refractivity contribution is 5.92. The maximum Gasteiger partial charge on any atom is 0.323 e. The van der Waals surface area contributed by atoms with Crippen LogP contribution in [0.15, 0.2) is 24.5 Å². The number of hydrogen-bond donors (Lipinski definition) is 2. The highest BCUT2D eigenvalue weighted by Gasteiger charge is 2.11. The van der Waals surface area contributed by atoms with Crippen LogP contribution in [-0.4, -0.2) is 34.6 Å². The number of nitrogens with zero attached hydrogens (tertiary/aromatic N) is 3. The van der Waals surface area contributed by atoms with Crippen LogP contribution < -0.4 is 10.6 Å². The molecule has 17 heavy (non-hydrogen) atoms. The summed E-state index contributed by atoms with van der Waals surface area (Å²) in [6, 6.07) is 5.27. The summed E-state index contributed by atoms with van der Waals surface area (Å²) in [5.74, 6) is -0.354. The van der Waals surface area contributed by atoms with Gasteiger partial charge in [-0.25, -0.2) is 9.97 Å². The van der Waals surface area contributed by atoms with Gasteiger partial charge in [0, 0.05) is 18.1 Å². The minimum atomic E-state index is -0.914. The molecule has 3 N–H and O–H groups in total. The first-order valence-electron chi connectivity index (χ1n) is 5.01. The van der Waals surface area contributed by atoms with Gasteiger partial charge < -0.3 is 15.7 Å². The third-order valence-corrected chi connectivity index (χ3v) is 2.37. The molecule has 6 nitrogen and oxygen atoms in total. The number of carbonyl (C=O) groups is 1. The van der Waals surface area contributed by atoms with Crippen molar-refractivity contribution in [3.63, 3.8) is 0 Å². The lowest BCUT2D eigenvalue weighted by molar-refractivity contribution is -0.135. The normalized spacial score (nSPS) is 10.4. The molecule has 0 aliphatic rings. The van der Waals surface area contributed by atoms with E-state index in [0.29, 0.717) is 11.5 Å². The van der Waals surface area contributed by atoms with Crippen LogP contribution in [0.5, 0.6) is 0 Å². The lowest BCUT2D eigenvalue weighted by Gasteiger charge is -2.17. The standard InChI is InChI=1S/C11H12N4O2/c1-15(5-10(16)17)11-8-4-7(12)2-3-9(8)13-6-14-11/h2-4,6H,5,12H2,1H3,(H,16,17). The molecule has 0 bridgehead atoms. The molecular weight excluding hydrogens is 220 g/mol. The predicted octanol–water partition coefficient (Wildman–Crippen LogP) is 0.733. The van der Waals surface area contributed by atoms with E-state index in [2.05, 4.69) is 9.97 Å². The number of likely N-dealkylation sites (N-methyl/N-ethyl adjacent to an activating group) is 1. The van der Waals surface area contributed by atoms with Gasteiger partial charge in [0.25, 0.3) is 0 Å². The van der Waals surface area contributed by atoms with Gasteiger partial charge in [0.1, 0.15) is 18.7 Å². The summed E-state index contributed by atoms with van der Waals surface area (Å²) in [4.78, 5) is 20.4. The third kappa shape index (κ3) is 2.25. The number of nitrogen functional groups attached to an aromatic ring is 1. The summed E-state index contributed by atoms with van der Waals surface area (Å²) in [6.07, 6.45) is 1.41. The maximum atomic E-state index is 10.7. The second-order valence-corrected chi connectivity index (χ2v) is 3.72. The van der Waals surface area contributed by atoms with E-state index in [0.717, 1.165) is 10.9 Å². The van der Waals surface area contributed by atoms with E-state index in [1.165, 1.54) is 6.33 Å². The Hall–Kier alpha value is -2.37. The maximum absolute atomic E-state index is 10.7. The molecule has 1 aromatic carbocycles. The smallest absolute Gasteiger partial charge is 0.323 e. The summed E-state index contributed by atoms with van der Waals surface area (Å²) in [5, 5.41) is 9.51. The lowest BCUT2D eigenvalue weighted by Crippen LogP contribution is -2.26. The summed E-state index contributed by atoms with van der Waals surface area (Å²) in [7, 11) is 1.67. The van der Waals surface area contributed by atoms with Gasteiger partial charge in [-0.2, -0.15) is 0 Å². The van der Waals surface area contributed by atoms with Crippen LogP contribution in [0, 0.1) is 0 Å². The van der Waals surface area contributed by atoms with E-state index in [1.54, 1.807) is 30.1 Å². The molecule has 0 saturated carbocycles. The molecule has 0 spiro atoms. The van der Waals surface area contributed by atoms with Crippen LogP contribution >= 0.6 is 0 Å². The Kier molecular flexibility index (Phi) is 2.78. The highest BCUT2D eigenvalue weighted by atomic mass is 16.4. The van der Waals surface area contributed by atoms with Crippen molar-refractivity contribution >= 4 is 28.4 Å². The lowest BCUT2D eigenvalue weighted by atomic mass is 10.2. The van der Waals surface area contributed by atoms with E-state index in [-0.39, 0.29) is 6.54 Å². The molecule has 0 unspecified atom stereocenters. The van der Waals surface area contributed by atoms with Crippen molar-refractivity contribution in [1.82, 2.24) is 9.97 Å². The number of aliphatic carboxylic acids is 1. The molecule has 2 rings (SSSR count). The second kappa shape index (κ2) is 4.25. The molecule has 0 aliphatic carbocycles. The molecule has 88 valence electrons. The molecule has 0 radical (unpaired) electrons. The van der Waals surface area contributed by atoms with E-state index in [1.807, 2.05) is 0 Å². The summed E-state index contributed by atoms with van der Waals surface area (Å²) in [5.41, 5.74) is 7.04. The first-order chi connectivity index (χ1) is 8.08. The van der Waals surface area contributed by atoms with Gasteiger partial charge >= 0.3 is 5.97 Å². The van der Waals surface area contributed by atoms with Crippen LogP contribution in [0.4, 0.5) is 11.5 Å². The van der Waals surface area contributed by atoms with Crippen molar-refractivity contribution in [1.29, 1.82) is 0 Å². The number of hydrogen-bond acceptors (Lipinski definition) is 5. The number of carboxylic acids is 1. The number of rotatable bonds is 3. The van der Waals surface area contributed by atoms with Crippen LogP contribution in [-0.2, 0) is 4.79 Å². The SMILES string of the molecule is CN(CC(=O)O)c1ncnc2ccc(N)cc12. The van der Waals surface area contributed by atoms with Crippen molar-refractivity contribution in [2.75, 3.05) is 24.2 Å². The molecule has 0 saturated heterocycles. The van der Waals surface area contributed by atoms with Crippen LogP contribution in [0.25, 0.3) is 10.9 Å². The van der Waals surface area contributed by atoms with Crippen LogP contribution in [0.1, 0.15) is 0 Å². The molecule has 0 aliphatic heterocycles. The minimum Gasteiger partial charge on any atom is -0.480 e. The zero-order chi connectivity index (χ0) is 12.4. The van der Waals surface area contributed by atoms with Gasteiger partial charge in [-0.3, -0.25) is 4.79 Å². The highest BCUT2D eigenvalue weighted by Crippen LogP contribution is 2.23. The van der Waals surface area contributed by atoms with Gasteiger partial charge in [-0.1, -0.05) is 0 Å². The van der Waals surface area contributed by atoms with E-state index >= 15 is 0 Å². The van der Waals surface area contributed by atoms with Gasteiger partial charge in [-0.15, -0.1) is 0 Å². The number of fused-ring (bicyclic) bond motifs is 1. The number of carboxylic acid groups (broad SMARTS) is 1. The van der Waals surface area contributed by atoms with Crippen molar-refractivity contribution in [2.24, 2.45) is 0 Å². The monoisotopic (exact) mass is 232 g/mol. The van der Waals surface area contributed by atoms with E-state index in [4.69, 9.17) is 10.8 Å². The number of benzene rings is 1. The third-order valence-electron chi connectivity index (χ3n) is 2.37. The number of anilines is 2. The molecule has 1 aromatic heterocycles. The summed E-state index contributed by atoms with van der Waals surface area (Å²) < 4.78 is 0. The predicted molar refractivity (Wildman–Crippen MR) is 64.9 cm³/mol. The van der Waals surface area contributed by atoms with Gasteiger partial charge in [0.05, 0.1) is 5.52 Å². The van der Waals surface area contributed by atoms with Gasteiger partial charge in [0.15, 0.2) is 0 Å². The molecule has 0 fully saturated rings. The van der Waals surface area contributed by atoms with Crippen molar-refractivity contribution in [2.45, 2.75) is 0 Å². The molecule has 6 heteroatoms. The molecule has 0 atom stereocenters. The molecule has 2 aromatic rings. The molecular formula is C11H12N4O2. The topological polar surface area (TPSA) is 92.3 Å². The fourth-order valence-electron chi connectivity index (χ4n) is 1.64. The van der Waals surface area contributed by atoms with Gasteiger partial charge in [0.2, 0.25) is 0 Å². The van der Waals surface area contributed by atoms with E-state index < -0.39 is 5.97 Å². The Morgan fingerprint density at radius 2 is 2.24 bits per heavy atom.